The molecule has 0 aliphatic carbocycles. The Morgan fingerprint density at radius 3 is 1.16 bits per heavy atom. The third-order valence-electron chi connectivity index (χ3n) is 12.4. The normalized spacial score (nSPS) is 13.6. The summed E-state index contributed by atoms with van der Waals surface area (Å²) in [6, 6.07) is 0. The second-order valence-electron chi connectivity index (χ2n) is 19.1. The molecule has 0 bridgehead atoms. The molecule has 8 nitrogen and oxygen atoms in total. The van der Waals surface area contributed by atoms with Gasteiger partial charge in [-0.1, -0.05) is 242 Å². The minimum Gasteiger partial charge on any atom is -0.457 e. The third kappa shape index (κ3) is 55.1. The SMILES string of the molecule is CCCCCCC/C=C\C/C=C\C/C=C\CCCCCCCCCCCOCC(COP(=O)(O)OCCN)OC(=O)CCCCCCCCCCCCCCC/C=C\C/C=C\CCCCCCC. The fourth-order valence-electron chi connectivity index (χ4n) is 8.15. The number of rotatable bonds is 55. The standard InChI is InChI=1S/C59H110NO7P/c1-3-5-7-9-11-13-15-17-19-21-23-25-27-29-30-32-34-36-38-40-42-44-46-48-50-52-59(61)67-58(57-66-68(62,63)65-55-53-60)56-64-54-51-49-47-45-43-41-39-37-35-33-31-28-26-24-22-20-18-16-14-12-10-8-6-4-2/h15-18,21-24,28,31,58H,3-14,19-20,25-27,29-30,32-57,60H2,1-2H3,(H,62,63)/b17-15-,18-16-,23-21-,24-22-,31-28-. The first-order valence-corrected chi connectivity index (χ1v) is 30.3. The van der Waals surface area contributed by atoms with Gasteiger partial charge in [0.1, 0.15) is 6.10 Å². The van der Waals surface area contributed by atoms with Crippen molar-refractivity contribution in [3.63, 3.8) is 0 Å². The number of allylic oxidation sites excluding steroid dienone is 10. The van der Waals surface area contributed by atoms with Gasteiger partial charge < -0.3 is 20.1 Å². The fourth-order valence-corrected chi connectivity index (χ4v) is 8.92. The van der Waals surface area contributed by atoms with E-state index < -0.39 is 13.9 Å². The largest absolute Gasteiger partial charge is 0.472 e. The first-order chi connectivity index (χ1) is 33.4. The number of unbranched alkanes of at least 4 members (excludes halogenated alkanes) is 32. The van der Waals surface area contributed by atoms with E-state index in [1.807, 2.05) is 0 Å². The number of hydrogen-bond donors (Lipinski definition) is 2. The molecule has 0 aliphatic heterocycles. The minimum atomic E-state index is -4.29. The lowest BCUT2D eigenvalue weighted by atomic mass is 10.0. The molecule has 0 amide bonds. The van der Waals surface area contributed by atoms with Crippen LogP contribution in [-0.2, 0) is 27.9 Å². The number of phosphoric ester groups is 1. The van der Waals surface area contributed by atoms with Gasteiger partial charge in [0, 0.05) is 19.6 Å². The molecule has 0 aromatic rings. The second kappa shape index (κ2) is 56.1. The molecule has 9 heteroatoms. The van der Waals surface area contributed by atoms with Crippen molar-refractivity contribution < 1.29 is 32.8 Å². The van der Waals surface area contributed by atoms with E-state index in [1.165, 1.54) is 199 Å². The van der Waals surface area contributed by atoms with E-state index in [0.717, 1.165) is 51.4 Å². The molecule has 0 saturated carbocycles. The summed E-state index contributed by atoms with van der Waals surface area (Å²) < 4.78 is 33.7. The first-order valence-electron chi connectivity index (χ1n) is 28.8. The molecular formula is C59H110NO7P. The van der Waals surface area contributed by atoms with Crippen molar-refractivity contribution >= 4 is 13.8 Å². The van der Waals surface area contributed by atoms with Crippen molar-refractivity contribution in [2.45, 2.75) is 277 Å². The summed E-state index contributed by atoms with van der Waals surface area (Å²) in [5, 5.41) is 0. The molecule has 0 fully saturated rings. The van der Waals surface area contributed by atoms with E-state index in [1.54, 1.807) is 0 Å². The fraction of sp³-hybridized carbons (Fsp3) is 0.814. The van der Waals surface area contributed by atoms with Crippen LogP contribution in [0.4, 0.5) is 0 Å². The molecule has 0 rings (SSSR count). The number of carbonyl (C=O) groups excluding carboxylic acids is 1. The van der Waals surface area contributed by atoms with Crippen molar-refractivity contribution in [1.29, 1.82) is 0 Å². The zero-order valence-corrected chi connectivity index (χ0v) is 45.5. The summed E-state index contributed by atoms with van der Waals surface area (Å²) in [5.74, 6) is -0.331. The van der Waals surface area contributed by atoms with Gasteiger partial charge in [0.25, 0.3) is 0 Å². The monoisotopic (exact) mass is 976 g/mol. The Balaban J connectivity index is 3.90. The van der Waals surface area contributed by atoms with Crippen LogP contribution in [0.25, 0.3) is 0 Å². The molecule has 0 radical (unpaired) electrons. The second-order valence-corrected chi connectivity index (χ2v) is 20.6. The summed E-state index contributed by atoms with van der Waals surface area (Å²) in [7, 11) is -4.29. The average Bonchev–Trinajstić information content (AvgIpc) is 3.33. The number of carbonyl (C=O) groups is 1. The molecule has 2 atom stereocenters. The predicted octanol–water partition coefficient (Wildman–Crippen LogP) is 18.4. The maximum atomic E-state index is 12.7. The van der Waals surface area contributed by atoms with E-state index in [9.17, 15) is 14.3 Å². The Morgan fingerprint density at radius 1 is 0.441 bits per heavy atom. The van der Waals surface area contributed by atoms with Crippen molar-refractivity contribution in [2.75, 3.05) is 33.0 Å². The Kier molecular flexibility index (Phi) is 54.6. The van der Waals surface area contributed by atoms with Crippen LogP contribution in [0.1, 0.15) is 271 Å². The number of esters is 1. The molecule has 68 heavy (non-hydrogen) atoms. The Morgan fingerprint density at radius 2 is 0.779 bits per heavy atom. The molecule has 0 aromatic carbocycles. The van der Waals surface area contributed by atoms with Crippen molar-refractivity contribution in [1.82, 2.24) is 0 Å². The van der Waals surface area contributed by atoms with Crippen molar-refractivity contribution in [3.8, 4) is 0 Å². The third-order valence-corrected chi connectivity index (χ3v) is 13.4. The lowest BCUT2D eigenvalue weighted by molar-refractivity contribution is -0.154. The van der Waals surface area contributed by atoms with Crippen LogP contribution in [0, 0.1) is 0 Å². The van der Waals surface area contributed by atoms with E-state index >= 15 is 0 Å². The topological polar surface area (TPSA) is 117 Å². The van der Waals surface area contributed by atoms with Crippen LogP contribution in [0.5, 0.6) is 0 Å². The van der Waals surface area contributed by atoms with E-state index in [-0.39, 0.29) is 32.3 Å². The smallest absolute Gasteiger partial charge is 0.457 e. The highest BCUT2D eigenvalue weighted by Gasteiger charge is 2.25. The van der Waals surface area contributed by atoms with Crippen molar-refractivity contribution in [3.05, 3.63) is 60.8 Å². The first kappa shape index (κ1) is 66.2. The number of nitrogens with two attached hydrogens (primary N) is 1. The highest BCUT2D eigenvalue weighted by molar-refractivity contribution is 7.47. The lowest BCUT2D eigenvalue weighted by Gasteiger charge is -2.20. The summed E-state index contributed by atoms with van der Waals surface area (Å²) in [6.07, 6.45) is 71.2. The van der Waals surface area contributed by atoms with Gasteiger partial charge in [0.2, 0.25) is 0 Å². The van der Waals surface area contributed by atoms with Gasteiger partial charge in [-0.05, 0) is 83.5 Å². The molecule has 398 valence electrons. The number of hydrogen-bond acceptors (Lipinski definition) is 7. The molecule has 2 unspecified atom stereocenters. The lowest BCUT2D eigenvalue weighted by Crippen LogP contribution is -2.28. The summed E-state index contributed by atoms with van der Waals surface area (Å²) >= 11 is 0. The molecule has 3 N–H and O–H groups in total. The van der Waals surface area contributed by atoms with E-state index in [4.69, 9.17) is 24.3 Å². The zero-order valence-electron chi connectivity index (χ0n) is 44.6. The molecule has 0 spiro atoms. The van der Waals surface area contributed by atoms with Crippen LogP contribution in [-0.4, -0.2) is 49.9 Å². The molecule has 0 saturated heterocycles. The molecule has 0 aromatic heterocycles. The summed E-state index contributed by atoms with van der Waals surface area (Å²) in [4.78, 5) is 22.7. The van der Waals surface area contributed by atoms with Gasteiger partial charge in [-0.3, -0.25) is 13.8 Å². The predicted molar refractivity (Wildman–Crippen MR) is 293 cm³/mol. The number of ether oxygens (including phenoxy) is 2. The van der Waals surface area contributed by atoms with Gasteiger partial charge in [-0.15, -0.1) is 0 Å². The maximum Gasteiger partial charge on any atom is 0.472 e. The van der Waals surface area contributed by atoms with Crippen LogP contribution < -0.4 is 5.73 Å². The van der Waals surface area contributed by atoms with Gasteiger partial charge in [0.15, 0.2) is 0 Å². The maximum absolute atomic E-state index is 12.7. The van der Waals surface area contributed by atoms with Crippen LogP contribution in [0.15, 0.2) is 60.8 Å². The van der Waals surface area contributed by atoms with Gasteiger partial charge in [0.05, 0.1) is 19.8 Å². The minimum absolute atomic E-state index is 0.0979. The van der Waals surface area contributed by atoms with Crippen molar-refractivity contribution in [2.24, 2.45) is 5.73 Å². The highest BCUT2D eigenvalue weighted by Crippen LogP contribution is 2.43. The van der Waals surface area contributed by atoms with E-state index in [2.05, 4.69) is 74.6 Å². The number of phosphoric acid groups is 1. The van der Waals surface area contributed by atoms with Crippen LogP contribution in [0.3, 0.4) is 0 Å². The molecule has 0 aliphatic rings. The molecular weight excluding hydrogens is 866 g/mol. The highest BCUT2D eigenvalue weighted by atomic mass is 31.2. The van der Waals surface area contributed by atoms with Gasteiger partial charge in [-0.25, -0.2) is 4.57 Å². The Hall–Kier alpha value is -1.80. The Bertz CT molecular complexity index is 1230. The quantitative estimate of drug-likeness (QED) is 0.0268. The van der Waals surface area contributed by atoms with Crippen LogP contribution >= 0.6 is 7.82 Å². The van der Waals surface area contributed by atoms with Gasteiger partial charge in [-0.2, -0.15) is 0 Å². The summed E-state index contributed by atoms with van der Waals surface area (Å²) in [5.41, 5.74) is 5.40. The van der Waals surface area contributed by atoms with E-state index in [0.29, 0.717) is 13.0 Å². The van der Waals surface area contributed by atoms with Gasteiger partial charge >= 0.3 is 13.8 Å². The average molecular weight is 977 g/mol. The Labute approximate surface area is 421 Å². The summed E-state index contributed by atoms with van der Waals surface area (Å²) in [6.45, 7) is 4.92. The molecule has 0 heterocycles. The zero-order chi connectivity index (χ0) is 49.4. The van der Waals surface area contributed by atoms with Crippen LogP contribution in [0.2, 0.25) is 0 Å².